The first-order chi connectivity index (χ1) is 17.5. The van der Waals surface area contributed by atoms with Gasteiger partial charge < -0.3 is 20.8 Å². The number of H-pyrrole nitrogens is 1. The third-order valence-electron chi connectivity index (χ3n) is 5.72. The van der Waals surface area contributed by atoms with Gasteiger partial charge in [0.25, 0.3) is 11.5 Å². The molecule has 8 nitrogen and oxygen atoms in total. The van der Waals surface area contributed by atoms with Crippen LogP contribution in [0.15, 0.2) is 77.9 Å². The van der Waals surface area contributed by atoms with E-state index in [-0.39, 0.29) is 5.56 Å². The maximum absolute atomic E-state index is 13.0. The number of methoxy groups -OCH3 is 1. The maximum Gasteiger partial charge on any atom is 0.293 e. The van der Waals surface area contributed by atoms with Gasteiger partial charge >= 0.3 is 0 Å². The van der Waals surface area contributed by atoms with Gasteiger partial charge in [-0.2, -0.15) is 0 Å². The number of nitrogens with one attached hydrogen (secondary N) is 2. The molecule has 0 unspecified atom stereocenters. The molecule has 0 spiro atoms. The molecule has 0 aliphatic heterocycles. The second-order valence-corrected chi connectivity index (χ2v) is 8.00. The minimum atomic E-state index is -0.774. The monoisotopic (exact) mass is 475 g/mol. The molecule has 0 aliphatic rings. The first-order valence-electron chi connectivity index (χ1n) is 11.1. The van der Waals surface area contributed by atoms with Crippen molar-refractivity contribution in [3.05, 3.63) is 94.7 Å². The molecule has 5 aromatic rings. The second-order valence-electron chi connectivity index (χ2n) is 8.00. The van der Waals surface area contributed by atoms with Crippen molar-refractivity contribution in [1.29, 1.82) is 0 Å². The molecule has 0 radical (unpaired) electrons. The SMILES string of the molecule is COc1cccc(-c2ccc3c(NCc4ccccn4)nc4c(C#CC(N)=O)c[nH]c(=O)c4c3c2)c1. The lowest BCUT2D eigenvalue weighted by Crippen LogP contribution is -2.11. The van der Waals surface area contributed by atoms with Crippen LogP contribution in [0.25, 0.3) is 32.8 Å². The predicted octanol–water partition coefficient (Wildman–Crippen LogP) is 3.60. The fraction of sp³-hybridized carbons (Fsp3) is 0.0714. The van der Waals surface area contributed by atoms with Gasteiger partial charge in [-0.25, -0.2) is 4.98 Å². The van der Waals surface area contributed by atoms with Crippen LogP contribution in [0, 0.1) is 11.8 Å². The number of aromatic amines is 1. The van der Waals surface area contributed by atoms with E-state index in [1.807, 2.05) is 60.7 Å². The Bertz CT molecular complexity index is 1730. The molecule has 1 amide bonds. The van der Waals surface area contributed by atoms with E-state index >= 15 is 0 Å². The molecule has 5 rings (SSSR count). The molecule has 176 valence electrons. The number of carbonyl (C=O) groups is 1. The van der Waals surface area contributed by atoms with Gasteiger partial charge in [-0.05, 0) is 41.5 Å². The molecule has 3 heterocycles. The van der Waals surface area contributed by atoms with Gasteiger partial charge in [-0.15, -0.1) is 0 Å². The summed E-state index contributed by atoms with van der Waals surface area (Å²) in [5.41, 5.74) is 8.33. The van der Waals surface area contributed by atoms with E-state index in [1.165, 1.54) is 6.20 Å². The average Bonchev–Trinajstić information content (AvgIpc) is 2.91. The van der Waals surface area contributed by atoms with Gasteiger partial charge in [-0.3, -0.25) is 14.6 Å². The fourth-order valence-corrected chi connectivity index (χ4v) is 4.03. The van der Waals surface area contributed by atoms with Gasteiger partial charge in [-0.1, -0.05) is 36.3 Å². The minimum Gasteiger partial charge on any atom is -0.497 e. The van der Waals surface area contributed by atoms with Crippen LogP contribution in [-0.4, -0.2) is 28.0 Å². The minimum absolute atomic E-state index is 0.314. The molecule has 0 fully saturated rings. The third-order valence-corrected chi connectivity index (χ3v) is 5.72. The van der Waals surface area contributed by atoms with E-state index in [4.69, 9.17) is 15.5 Å². The first kappa shape index (κ1) is 22.6. The lowest BCUT2D eigenvalue weighted by atomic mass is 9.98. The van der Waals surface area contributed by atoms with Gasteiger partial charge in [0.15, 0.2) is 0 Å². The number of nitrogens with two attached hydrogens (primary N) is 1. The molecule has 3 aromatic heterocycles. The number of ether oxygens (including phenoxy) is 1. The van der Waals surface area contributed by atoms with E-state index in [9.17, 15) is 9.59 Å². The summed E-state index contributed by atoms with van der Waals surface area (Å²) < 4.78 is 5.37. The number of carbonyl (C=O) groups excluding carboxylic acids is 1. The van der Waals surface area contributed by atoms with Crippen molar-refractivity contribution in [2.24, 2.45) is 5.73 Å². The van der Waals surface area contributed by atoms with Gasteiger partial charge in [0.05, 0.1) is 35.8 Å². The van der Waals surface area contributed by atoms with E-state index in [2.05, 4.69) is 27.1 Å². The molecule has 36 heavy (non-hydrogen) atoms. The number of aromatic nitrogens is 3. The Hall–Kier alpha value is -5.16. The molecule has 0 aliphatic carbocycles. The molecule has 0 atom stereocenters. The number of rotatable bonds is 5. The summed E-state index contributed by atoms with van der Waals surface area (Å²) in [6, 6.07) is 19.2. The highest BCUT2D eigenvalue weighted by atomic mass is 16.5. The standard InChI is InChI=1S/C28H21N5O3/c1-36-21-7-4-5-17(13-21)18-8-10-22-23(14-18)25-26(19(9-11-24(29)34)15-32-28(25)35)33-27(22)31-16-20-6-2-3-12-30-20/h2-8,10,12-15H,16H2,1H3,(H2,29,34)(H,31,33)(H,32,35). The molecule has 0 bridgehead atoms. The van der Waals surface area contributed by atoms with Crippen LogP contribution < -0.4 is 21.3 Å². The van der Waals surface area contributed by atoms with E-state index < -0.39 is 5.91 Å². The number of nitrogens with zero attached hydrogens (tertiary/aromatic N) is 2. The Morgan fingerprint density at radius 3 is 2.72 bits per heavy atom. The molecule has 0 saturated carbocycles. The normalized spacial score (nSPS) is 10.6. The number of hydrogen-bond donors (Lipinski definition) is 3. The number of pyridine rings is 3. The van der Waals surface area contributed by atoms with Crippen LogP contribution in [0.4, 0.5) is 5.82 Å². The third kappa shape index (κ3) is 4.45. The van der Waals surface area contributed by atoms with Gasteiger partial charge in [0, 0.05) is 29.1 Å². The molecule has 4 N–H and O–H groups in total. The molecule has 2 aromatic carbocycles. The van der Waals surface area contributed by atoms with E-state index in [0.29, 0.717) is 34.2 Å². The highest BCUT2D eigenvalue weighted by molar-refractivity contribution is 6.12. The van der Waals surface area contributed by atoms with Crippen LogP contribution in [0.2, 0.25) is 0 Å². The summed E-state index contributed by atoms with van der Waals surface area (Å²) in [6.45, 7) is 0.428. The number of primary amides is 1. The summed E-state index contributed by atoms with van der Waals surface area (Å²) in [6.07, 6.45) is 3.16. The van der Waals surface area contributed by atoms with Crippen molar-refractivity contribution >= 4 is 33.4 Å². The zero-order chi connectivity index (χ0) is 25.1. The lowest BCUT2D eigenvalue weighted by molar-refractivity contribution is -0.112. The largest absolute Gasteiger partial charge is 0.497 e. The summed E-state index contributed by atoms with van der Waals surface area (Å²) in [5.74, 6) is 5.58. The predicted molar refractivity (Wildman–Crippen MR) is 139 cm³/mol. The number of fused-ring (bicyclic) bond motifs is 3. The lowest BCUT2D eigenvalue weighted by Gasteiger charge is -2.13. The van der Waals surface area contributed by atoms with Crippen molar-refractivity contribution in [3.63, 3.8) is 0 Å². The second kappa shape index (κ2) is 9.60. The van der Waals surface area contributed by atoms with Crippen molar-refractivity contribution < 1.29 is 9.53 Å². The highest BCUT2D eigenvalue weighted by Crippen LogP contribution is 2.33. The molecule has 8 heteroatoms. The van der Waals surface area contributed by atoms with Crippen LogP contribution in [0.3, 0.4) is 0 Å². The first-order valence-corrected chi connectivity index (χ1v) is 11.1. The van der Waals surface area contributed by atoms with Crippen LogP contribution in [0.1, 0.15) is 11.3 Å². The highest BCUT2D eigenvalue weighted by Gasteiger charge is 2.15. The van der Waals surface area contributed by atoms with E-state index in [1.54, 1.807) is 13.3 Å². The topological polar surface area (TPSA) is 123 Å². The molecule has 0 saturated heterocycles. The van der Waals surface area contributed by atoms with Crippen LogP contribution >= 0.6 is 0 Å². The zero-order valence-corrected chi connectivity index (χ0v) is 19.3. The van der Waals surface area contributed by atoms with Gasteiger partial charge in [0.1, 0.15) is 11.6 Å². The summed E-state index contributed by atoms with van der Waals surface area (Å²) in [7, 11) is 1.62. The van der Waals surface area contributed by atoms with Gasteiger partial charge in [0.2, 0.25) is 0 Å². The summed E-state index contributed by atoms with van der Waals surface area (Å²) >= 11 is 0. The maximum atomic E-state index is 13.0. The average molecular weight is 476 g/mol. The van der Waals surface area contributed by atoms with Crippen LogP contribution in [-0.2, 0) is 11.3 Å². The smallest absolute Gasteiger partial charge is 0.293 e. The summed E-state index contributed by atoms with van der Waals surface area (Å²) in [4.78, 5) is 36.2. The van der Waals surface area contributed by atoms with Crippen molar-refractivity contribution in [3.8, 4) is 28.7 Å². The molecular formula is C28H21N5O3. The van der Waals surface area contributed by atoms with Crippen LogP contribution in [0.5, 0.6) is 5.75 Å². The Morgan fingerprint density at radius 1 is 1.08 bits per heavy atom. The Balaban J connectivity index is 1.76. The Morgan fingerprint density at radius 2 is 1.94 bits per heavy atom. The number of anilines is 1. The number of amides is 1. The number of benzene rings is 2. The quantitative estimate of drug-likeness (QED) is 0.264. The molecular weight excluding hydrogens is 454 g/mol. The van der Waals surface area contributed by atoms with Crippen molar-refractivity contribution in [1.82, 2.24) is 15.0 Å². The fourth-order valence-electron chi connectivity index (χ4n) is 4.03. The Labute approximate surface area is 206 Å². The summed E-state index contributed by atoms with van der Waals surface area (Å²) in [5, 5.41) is 5.16. The van der Waals surface area contributed by atoms with E-state index in [0.717, 1.165) is 28.0 Å². The van der Waals surface area contributed by atoms with Crippen molar-refractivity contribution in [2.75, 3.05) is 12.4 Å². The Kier molecular flexibility index (Phi) is 6.03. The zero-order valence-electron chi connectivity index (χ0n) is 19.3. The number of hydrogen-bond acceptors (Lipinski definition) is 6. The van der Waals surface area contributed by atoms with Crippen molar-refractivity contribution in [2.45, 2.75) is 6.54 Å².